The van der Waals surface area contributed by atoms with Crippen LogP contribution in [0, 0.1) is 6.92 Å². The summed E-state index contributed by atoms with van der Waals surface area (Å²) in [6.07, 6.45) is 0.796. The Morgan fingerprint density at radius 3 is 2.81 bits per heavy atom. The summed E-state index contributed by atoms with van der Waals surface area (Å²) in [6, 6.07) is 5.53. The third-order valence-corrected chi connectivity index (χ3v) is 3.68. The fourth-order valence-corrected chi connectivity index (χ4v) is 2.34. The number of aromatic nitrogens is 2. The number of amides is 1. The minimum absolute atomic E-state index is 0.111. The van der Waals surface area contributed by atoms with Crippen LogP contribution >= 0.6 is 11.3 Å². The number of ether oxygens (including phenoxy) is 2. The number of nitrogens with one attached hydrogen (secondary N) is 1. The summed E-state index contributed by atoms with van der Waals surface area (Å²) in [4.78, 5) is 11.8. The normalized spacial score (nSPS) is 10.2. The molecule has 21 heavy (non-hydrogen) atoms. The van der Waals surface area contributed by atoms with Gasteiger partial charge in [0, 0.05) is 0 Å². The van der Waals surface area contributed by atoms with Gasteiger partial charge in [-0.2, -0.15) is 0 Å². The molecule has 0 saturated heterocycles. The van der Waals surface area contributed by atoms with Gasteiger partial charge in [-0.05, 0) is 31.0 Å². The zero-order valence-corrected chi connectivity index (χ0v) is 13.0. The van der Waals surface area contributed by atoms with Gasteiger partial charge in [0.1, 0.15) is 5.01 Å². The molecule has 1 aromatic heterocycles. The van der Waals surface area contributed by atoms with Gasteiger partial charge in [-0.3, -0.25) is 10.1 Å². The molecule has 0 aliphatic rings. The maximum absolute atomic E-state index is 11.8. The topological polar surface area (TPSA) is 73.3 Å². The molecule has 0 atom stereocenters. The fourth-order valence-electron chi connectivity index (χ4n) is 1.64. The molecule has 1 amide bonds. The summed E-state index contributed by atoms with van der Waals surface area (Å²) in [5.41, 5.74) is 1.06. The van der Waals surface area contributed by atoms with Gasteiger partial charge in [-0.1, -0.05) is 24.3 Å². The standard InChI is InChI=1S/C14H17N3O3S/c1-4-13-16-17-14(21-13)15-12(18)8-20-10-6-5-9(2)7-11(10)19-3/h5-7H,4,8H2,1-3H3,(H,15,17,18). The van der Waals surface area contributed by atoms with Crippen LogP contribution in [0.15, 0.2) is 18.2 Å². The van der Waals surface area contributed by atoms with Crippen molar-refractivity contribution in [1.82, 2.24) is 10.2 Å². The lowest BCUT2D eigenvalue weighted by Gasteiger charge is -2.10. The highest BCUT2D eigenvalue weighted by atomic mass is 32.1. The number of rotatable bonds is 6. The molecule has 0 unspecified atom stereocenters. The largest absolute Gasteiger partial charge is 0.493 e. The highest BCUT2D eigenvalue weighted by Gasteiger charge is 2.10. The summed E-state index contributed by atoms with van der Waals surface area (Å²) >= 11 is 1.36. The van der Waals surface area contributed by atoms with E-state index in [1.807, 2.05) is 26.0 Å². The summed E-state index contributed by atoms with van der Waals surface area (Å²) in [5, 5.41) is 11.8. The second-order valence-corrected chi connectivity index (χ2v) is 5.41. The van der Waals surface area contributed by atoms with Crippen LogP contribution in [-0.2, 0) is 11.2 Å². The Labute approximate surface area is 127 Å². The Morgan fingerprint density at radius 1 is 1.33 bits per heavy atom. The molecule has 0 saturated carbocycles. The molecule has 2 aromatic rings. The van der Waals surface area contributed by atoms with E-state index in [4.69, 9.17) is 9.47 Å². The van der Waals surface area contributed by atoms with E-state index in [0.29, 0.717) is 16.6 Å². The maximum Gasteiger partial charge on any atom is 0.264 e. The summed E-state index contributed by atoms with van der Waals surface area (Å²) in [6.45, 7) is 3.83. The first-order valence-electron chi connectivity index (χ1n) is 6.52. The number of hydrogen-bond acceptors (Lipinski definition) is 6. The van der Waals surface area contributed by atoms with Crippen LogP contribution < -0.4 is 14.8 Å². The lowest BCUT2D eigenvalue weighted by molar-refractivity contribution is -0.118. The van der Waals surface area contributed by atoms with Crippen LogP contribution in [0.2, 0.25) is 0 Å². The van der Waals surface area contributed by atoms with E-state index in [9.17, 15) is 4.79 Å². The molecule has 6 nitrogen and oxygen atoms in total. The fraction of sp³-hybridized carbons (Fsp3) is 0.357. The van der Waals surface area contributed by atoms with Crippen molar-refractivity contribution in [2.24, 2.45) is 0 Å². The van der Waals surface area contributed by atoms with Crippen molar-refractivity contribution in [3.8, 4) is 11.5 Å². The van der Waals surface area contributed by atoms with Gasteiger partial charge in [-0.15, -0.1) is 10.2 Å². The Kier molecular flexibility index (Phi) is 5.10. The van der Waals surface area contributed by atoms with Crippen molar-refractivity contribution in [2.75, 3.05) is 19.0 Å². The minimum Gasteiger partial charge on any atom is -0.493 e. The smallest absolute Gasteiger partial charge is 0.264 e. The first-order chi connectivity index (χ1) is 10.1. The quantitative estimate of drug-likeness (QED) is 0.887. The number of hydrogen-bond donors (Lipinski definition) is 1. The Hall–Kier alpha value is -2.15. The molecule has 7 heteroatoms. The van der Waals surface area contributed by atoms with E-state index in [0.717, 1.165) is 17.0 Å². The molecular formula is C14H17N3O3S. The van der Waals surface area contributed by atoms with Gasteiger partial charge >= 0.3 is 0 Å². The summed E-state index contributed by atoms with van der Waals surface area (Å²) in [5.74, 6) is 0.855. The van der Waals surface area contributed by atoms with Gasteiger partial charge in [-0.25, -0.2) is 0 Å². The number of benzene rings is 1. The van der Waals surface area contributed by atoms with Crippen molar-refractivity contribution in [3.05, 3.63) is 28.8 Å². The molecule has 112 valence electrons. The Bertz CT molecular complexity index is 628. The van der Waals surface area contributed by atoms with Crippen LogP contribution in [-0.4, -0.2) is 29.8 Å². The second kappa shape index (κ2) is 7.03. The van der Waals surface area contributed by atoms with Gasteiger partial charge in [0.05, 0.1) is 7.11 Å². The molecule has 1 N–H and O–H groups in total. The monoisotopic (exact) mass is 307 g/mol. The third-order valence-electron chi connectivity index (χ3n) is 2.69. The molecule has 0 aliphatic carbocycles. The van der Waals surface area contributed by atoms with Crippen molar-refractivity contribution in [2.45, 2.75) is 20.3 Å². The van der Waals surface area contributed by atoms with E-state index in [1.54, 1.807) is 13.2 Å². The predicted octanol–water partition coefficient (Wildman–Crippen LogP) is 2.44. The highest BCUT2D eigenvalue weighted by molar-refractivity contribution is 7.15. The molecule has 1 heterocycles. The molecule has 0 spiro atoms. The molecule has 1 aromatic carbocycles. The molecule has 0 bridgehead atoms. The van der Waals surface area contributed by atoms with Gasteiger partial charge in [0.15, 0.2) is 18.1 Å². The van der Waals surface area contributed by atoms with E-state index < -0.39 is 0 Å². The van der Waals surface area contributed by atoms with Gasteiger partial charge < -0.3 is 9.47 Å². The zero-order valence-electron chi connectivity index (χ0n) is 12.2. The number of carbonyl (C=O) groups excluding carboxylic acids is 1. The van der Waals surface area contributed by atoms with Gasteiger partial charge in [0.25, 0.3) is 5.91 Å². The first-order valence-corrected chi connectivity index (χ1v) is 7.33. The van der Waals surface area contributed by atoms with Crippen molar-refractivity contribution < 1.29 is 14.3 Å². The van der Waals surface area contributed by atoms with Crippen molar-refractivity contribution >= 4 is 22.4 Å². The average Bonchev–Trinajstić information content (AvgIpc) is 2.93. The first kappa shape index (κ1) is 15.2. The molecular weight excluding hydrogens is 290 g/mol. The van der Waals surface area contributed by atoms with E-state index in [-0.39, 0.29) is 12.5 Å². The molecule has 0 fully saturated rings. The lowest BCUT2D eigenvalue weighted by Crippen LogP contribution is -2.20. The van der Waals surface area contributed by atoms with Crippen LogP contribution in [0.25, 0.3) is 0 Å². The zero-order chi connectivity index (χ0) is 15.2. The Balaban J connectivity index is 1.92. The van der Waals surface area contributed by atoms with Gasteiger partial charge in [0.2, 0.25) is 5.13 Å². The minimum atomic E-state index is -0.281. The summed E-state index contributed by atoms with van der Waals surface area (Å²) < 4.78 is 10.7. The molecule has 0 aliphatic heterocycles. The van der Waals surface area contributed by atoms with Crippen LogP contribution in [0.5, 0.6) is 11.5 Å². The highest BCUT2D eigenvalue weighted by Crippen LogP contribution is 2.27. The number of anilines is 1. The lowest BCUT2D eigenvalue weighted by atomic mass is 10.2. The molecule has 0 radical (unpaired) electrons. The number of aryl methyl sites for hydroxylation is 2. The van der Waals surface area contributed by atoms with Crippen LogP contribution in [0.4, 0.5) is 5.13 Å². The van der Waals surface area contributed by atoms with Crippen molar-refractivity contribution in [3.63, 3.8) is 0 Å². The number of methoxy groups -OCH3 is 1. The van der Waals surface area contributed by atoms with Crippen molar-refractivity contribution in [1.29, 1.82) is 0 Å². The predicted molar refractivity (Wildman–Crippen MR) is 81.1 cm³/mol. The number of carbonyl (C=O) groups is 1. The third kappa shape index (κ3) is 4.16. The van der Waals surface area contributed by atoms with E-state index in [2.05, 4.69) is 15.5 Å². The second-order valence-electron chi connectivity index (χ2n) is 4.35. The molecule has 2 rings (SSSR count). The Morgan fingerprint density at radius 2 is 2.14 bits per heavy atom. The van der Waals surface area contributed by atoms with Crippen LogP contribution in [0.1, 0.15) is 17.5 Å². The van der Waals surface area contributed by atoms with E-state index in [1.165, 1.54) is 11.3 Å². The van der Waals surface area contributed by atoms with Crippen LogP contribution in [0.3, 0.4) is 0 Å². The number of nitrogens with zero attached hydrogens (tertiary/aromatic N) is 2. The average molecular weight is 307 g/mol. The maximum atomic E-state index is 11.8. The van der Waals surface area contributed by atoms with E-state index >= 15 is 0 Å². The summed E-state index contributed by atoms with van der Waals surface area (Å²) in [7, 11) is 1.56. The SMILES string of the molecule is CCc1nnc(NC(=O)COc2ccc(C)cc2OC)s1.